The summed E-state index contributed by atoms with van der Waals surface area (Å²) in [6.45, 7) is 2.56. The van der Waals surface area contributed by atoms with E-state index >= 15 is 0 Å². The van der Waals surface area contributed by atoms with Crippen LogP contribution in [0.1, 0.15) is 17.3 Å². The number of nitrogens with zero attached hydrogens (tertiary/aromatic N) is 2. The van der Waals surface area contributed by atoms with Crippen LogP contribution >= 0.6 is 11.6 Å². The van der Waals surface area contributed by atoms with Gasteiger partial charge in [-0.25, -0.2) is 0 Å². The van der Waals surface area contributed by atoms with Crippen molar-refractivity contribution in [2.45, 2.75) is 19.5 Å². The molecule has 1 heterocycles. The fourth-order valence-corrected chi connectivity index (χ4v) is 2.06. The average Bonchev–Trinajstić information content (AvgIpc) is 2.75. The van der Waals surface area contributed by atoms with Gasteiger partial charge in [0.25, 0.3) is 0 Å². The zero-order valence-electron chi connectivity index (χ0n) is 10.5. The van der Waals surface area contributed by atoms with Gasteiger partial charge in [-0.3, -0.25) is 9.48 Å². The van der Waals surface area contributed by atoms with Gasteiger partial charge >= 0.3 is 0 Å². The van der Waals surface area contributed by atoms with Crippen LogP contribution in [0.25, 0.3) is 11.3 Å². The van der Waals surface area contributed by atoms with Gasteiger partial charge in [0.15, 0.2) is 0 Å². The molecule has 1 amide bonds. The van der Waals surface area contributed by atoms with E-state index < -0.39 is 5.91 Å². The number of hydrogen-bond acceptors (Lipinski definition) is 3. The van der Waals surface area contributed by atoms with E-state index in [1.807, 2.05) is 19.2 Å². The van der Waals surface area contributed by atoms with Crippen molar-refractivity contribution in [2.24, 2.45) is 11.5 Å². The second-order valence-corrected chi connectivity index (χ2v) is 4.87. The molecule has 19 heavy (non-hydrogen) atoms. The molecule has 0 unspecified atom stereocenters. The summed E-state index contributed by atoms with van der Waals surface area (Å²) in [5.41, 5.74) is 12.8. The molecule has 0 fully saturated rings. The number of aromatic nitrogens is 2. The van der Waals surface area contributed by atoms with Crippen molar-refractivity contribution in [3.8, 4) is 11.3 Å². The van der Waals surface area contributed by atoms with Crippen LogP contribution in [0, 0.1) is 0 Å². The number of hydrogen-bond donors (Lipinski definition) is 2. The van der Waals surface area contributed by atoms with Gasteiger partial charge in [0.2, 0.25) is 5.91 Å². The van der Waals surface area contributed by atoms with Gasteiger partial charge < -0.3 is 11.5 Å². The lowest BCUT2D eigenvalue weighted by Crippen LogP contribution is -2.22. The van der Waals surface area contributed by atoms with Crippen LogP contribution in [-0.2, 0) is 6.54 Å². The predicted molar refractivity (Wildman–Crippen MR) is 74.8 cm³/mol. The second-order valence-electron chi connectivity index (χ2n) is 4.46. The van der Waals surface area contributed by atoms with Crippen LogP contribution in [0.5, 0.6) is 0 Å². The molecule has 2 aromatic rings. The summed E-state index contributed by atoms with van der Waals surface area (Å²) in [4.78, 5) is 11.1. The molecule has 6 heteroatoms. The first-order chi connectivity index (χ1) is 8.97. The van der Waals surface area contributed by atoms with Crippen LogP contribution in [0.3, 0.4) is 0 Å². The highest BCUT2D eigenvalue weighted by Gasteiger charge is 2.10. The number of carbonyl (C=O) groups excluding carboxylic acids is 1. The van der Waals surface area contributed by atoms with E-state index in [1.54, 1.807) is 22.9 Å². The molecule has 1 aromatic heterocycles. The Labute approximate surface area is 116 Å². The summed E-state index contributed by atoms with van der Waals surface area (Å²) in [7, 11) is 0. The van der Waals surface area contributed by atoms with Crippen LogP contribution in [0.4, 0.5) is 0 Å². The third-order valence-corrected chi connectivity index (χ3v) is 2.96. The number of primary amides is 1. The smallest absolute Gasteiger partial charge is 0.250 e. The number of amides is 1. The molecule has 0 radical (unpaired) electrons. The van der Waals surface area contributed by atoms with E-state index in [0.717, 1.165) is 11.3 Å². The van der Waals surface area contributed by atoms with Crippen molar-refractivity contribution in [1.29, 1.82) is 0 Å². The van der Waals surface area contributed by atoms with Gasteiger partial charge in [0.1, 0.15) is 0 Å². The maximum absolute atomic E-state index is 11.1. The monoisotopic (exact) mass is 278 g/mol. The number of rotatable bonds is 4. The summed E-state index contributed by atoms with van der Waals surface area (Å²) >= 11 is 6.01. The molecule has 1 atom stereocenters. The maximum atomic E-state index is 11.1. The summed E-state index contributed by atoms with van der Waals surface area (Å²) < 4.78 is 1.77. The van der Waals surface area contributed by atoms with E-state index in [-0.39, 0.29) is 6.04 Å². The van der Waals surface area contributed by atoms with Crippen LogP contribution in [-0.4, -0.2) is 21.7 Å². The molecule has 0 bridgehead atoms. The normalized spacial score (nSPS) is 12.4. The summed E-state index contributed by atoms with van der Waals surface area (Å²) in [5, 5.41) is 4.72. The summed E-state index contributed by atoms with van der Waals surface area (Å²) in [6, 6.07) is 6.96. The Morgan fingerprint density at radius 1 is 1.47 bits per heavy atom. The predicted octanol–water partition coefficient (Wildman–Crippen LogP) is 1.65. The van der Waals surface area contributed by atoms with Gasteiger partial charge in [-0.1, -0.05) is 17.7 Å². The molecule has 0 spiro atoms. The molecule has 0 aliphatic rings. The van der Waals surface area contributed by atoms with E-state index in [2.05, 4.69) is 5.10 Å². The SMILES string of the molecule is C[C@H](N)Cn1ccc(-c2ccc(C(N)=O)c(Cl)c2)n1. The lowest BCUT2D eigenvalue weighted by atomic mass is 10.1. The Hall–Kier alpha value is -1.85. The lowest BCUT2D eigenvalue weighted by molar-refractivity contribution is 0.100. The molecule has 2 rings (SSSR count). The lowest BCUT2D eigenvalue weighted by Gasteiger charge is -2.05. The third kappa shape index (κ3) is 3.13. The number of benzene rings is 1. The van der Waals surface area contributed by atoms with Gasteiger partial charge in [-0.05, 0) is 25.1 Å². The fraction of sp³-hybridized carbons (Fsp3) is 0.231. The minimum absolute atomic E-state index is 0.0357. The molecule has 0 saturated carbocycles. The third-order valence-electron chi connectivity index (χ3n) is 2.65. The van der Waals surface area contributed by atoms with E-state index in [1.165, 1.54) is 0 Å². The largest absolute Gasteiger partial charge is 0.366 e. The topological polar surface area (TPSA) is 86.9 Å². The average molecular weight is 279 g/mol. The Morgan fingerprint density at radius 3 is 2.79 bits per heavy atom. The Bertz CT molecular complexity index is 606. The molecular formula is C13H15ClN4O. The highest BCUT2D eigenvalue weighted by molar-refractivity contribution is 6.34. The summed E-state index contributed by atoms with van der Waals surface area (Å²) in [5.74, 6) is -0.543. The molecule has 0 aliphatic heterocycles. The van der Waals surface area contributed by atoms with Crippen LogP contribution in [0.2, 0.25) is 5.02 Å². The van der Waals surface area contributed by atoms with Gasteiger partial charge in [0.05, 0.1) is 22.8 Å². The van der Waals surface area contributed by atoms with Crippen molar-refractivity contribution < 1.29 is 4.79 Å². The van der Waals surface area contributed by atoms with Crippen molar-refractivity contribution in [1.82, 2.24) is 9.78 Å². The van der Waals surface area contributed by atoms with Gasteiger partial charge in [-0.2, -0.15) is 5.10 Å². The maximum Gasteiger partial charge on any atom is 0.250 e. The van der Waals surface area contributed by atoms with Gasteiger partial charge in [-0.15, -0.1) is 0 Å². The quantitative estimate of drug-likeness (QED) is 0.891. The van der Waals surface area contributed by atoms with Crippen molar-refractivity contribution in [3.63, 3.8) is 0 Å². The molecule has 5 nitrogen and oxygen atoms in total. The molecule has 0 aliphatic carbocycles. The Balaban J connectivity index is 2.29. The van der Waals surface area contributed by atoms with Gasteiger partial charge in [0, 0.05) is 17.8 Å². The first-order valence-corrected chi connectivity index (χ1v) is 6.24. The number of nitrogens with two attached hydrogens (primary N) is 2. The highest BCUT2D eigenvalue weighted by atomic mass is 35.5. The van der Waals surface area contributed by atoms with E-state index in [4.69, 9.17) is 23.1 Å². The fourth-order valence-electron chi connectivity index (χ4n) is 1.79. The number of halogens is 1. The number of carbonyl (C=O) groups is 1. The van der Waals surface area contributed by atoms with E-state index in [0.29, 0.717) is 17.1 Å². The highest BCUT2D eigenvalue weighted by Crippen LogP contribution is 2.24. The van der Waals surface area contributed by atoms with Crippen LogP contribution in [0.15, 0.2) is 30.5 Å². The standard InChI is InChI=1S/C13H15ClN4O/c1-8(15)7-18-5-4-12(17-18)9-2-3-10(13(16)19)11(14)6-9/h2-6,8H,7,15H2,1H3,(H2,16,19)/t8-/m0/s1. The van der Waals surface area contributed by atoms with Crippen molar-refractivity contribution >= 4 is 17.5 Å². The first kappa shape index (κ1) is 13.6. The van der Waals surface area contributed by atoms with Crippen LogP contribution < -0.4 is 11.5 Å². The summed E-state index contributed by atoms with van der Waals surface area (Å²) in [6.07, 6.45) is 1.86. The zero-order chi connectivity index (χ0) is 14.0. The Kier molecular flexibility index (Phi) is 3.87. The molecule has 100 valence electrons. The minimum atomic E-state index is -0.543. The Morgan fingerprint density at radius 2 is 2.21 bits per heavy atom. The molecule has 1 aromatic carbocycles. The molecular weight excluding hydrogens is 264 g/mol. The van der Waals surface area contributed by atoms with Crippen molar-refractivity contribution in [3.05, 3.63) is 41.0 Å². The molecule has 0 saturated heterocycles. The zero-order valence-corrected chi connectivity index (χ0v) is 11.3. The molecule has 4 N–H and O–H groups in total. The van der Waals surface area contributed by atoms with E-state index in [9.17, 15) is 4.79 Å². The minimum Gasteiger partial charge on any atom is -0.366 e. The van der Waals surface area contributed by atoms with Crippen molar-refractivity contribution in [2.75, 3.05) is 0 Å². The second kappa shape index (κ2) is 5.42. The first-order valence-electron chi connectivity index (χ1n) is 5.86.